The van der Waals surface area contributed by atoms with Gasteiger partial charge in [-0.1, -0.05) is 18.2 Å². The third-order valence-electron chi connectivity index (χ3n) is 8.93. The quantitative estimate of drug-likeness (QED) is 0.768. The molecule has 1 aromatic carbocycles. The van der Waals surface area contributed by atoms with E-state index in [4.69, 9.17) is 9.47 Å². The first-order chi connectivity index (χ1) is 13.2. The molecular formula is C23H29NO4. The maximum Gasteiger partial charge on any atom is 0.165 e. The van der Waals surface area contributed by atoms with Gasteiger partial charge in [0.15, 0.2) is 11.5 Å². The number of piperidine rings is 1. The van der Waals surface area contributed by atoms with Crippen LogP contribution in [0, 0.1) is 11.3 Å². The van der Waals surface area contributed by atoms with Gasteiger partial charge in [-0.25, -0.2) is 0 Å². The van der Waals surface area contributed by atoms with E-state index in [1.54, 1.807) is 13.2 Å². The Labute approximate surface area is 165 Å². The first-order valence-electron chi connectivity index (χ1n) is 10.4. The molecule has 0 amide bonds. The van der Waals surface area contributed by atoms with E-state index in [1.165, 1.54) is 11.1 Å². The summed E-state index contributed by atoms with van der Waals surface area (Å²) in [5.74, 6) is 0.789. The molecule has 6 aliphatic rings. The molecule has 2 spiro atoms. The number of likely N-dealkylation sites (tertiary alicyclic amines) is 1. The summed E-state index contributed by atoms with van der Waals surface area (Å²) in [7, 11) is 3.96. The highest BCUT2D eigenvalue weighted by Crippen LogP contribution is 2.75. The van der Waals surface area contributed by atoms with Gasteiger partial charge in [0.25, 0.3) is 0 Å². The van der Waals surface area contributed by atoms with Crippen LogP contribution >= 0.6 is 0 Å². The Balaban J connectivity index is 1.71. The summed E-state index contributed by atoms with van der Waals surface area (Å²) in [6.07, 6.45) is 7.12. The van der Waals surface area contributed by atoms with E-state index in [-0.39, 0.29) is 28.6 Å². The SMILES string of the molecule is CO[C@@]12C=C[C@@]3(C[C@@H]1C(C)(C)O)[C@H]1Cc4ccc(O)c5c4[C@@]3(CCN1C)[C@H]2O5. The summed E-state index contributed by atoms with van der Waals surface area (Å²) >= 11 is 0. The zero-order chi connectivity index (χ0) is 19.7. The number of hydrogen-bond acceptors (Lipinski definition) is 5. The van der Waals surface area contributed by atoms with Gasteiger partial charge in [0, 0.05) is 30.0 Å². The standard InChI is InChI=1S/C23H29NO4/c1-20(2,26)15-12-21-7-8-23(15,27-4)19-22(21)9-10-24(3)16(21)11-13-5-6-14(25)18(28-19)17(13)22/h5-8,15-16,19,25-26H,9-12H2,1-4H3/t15-,16-,19-,21-,22+,23+/m1/s1. The van der Waals surface area contributed by atoms with E-state index in [0.717, 1.165) is 25.8 Å². The number of phenols is 1. The predicted octanol–water partition coefficient (Wildman–Crippen LogP) is 2.38. The van der Waals surface area contributed by atoms with Crippen LogP contribution in [0.3, 0.4) is 0 Å². The number of rotatable bonds is 2. The van der Waals surface area contributed by atoms with Gasteiger partial charge in [0.2, 0.25) is 0 Å². The van der Waals surface area contributed by atoms with Crippen molar-refractivity contribution in [1.29, 1.82) is 0 Å². The fourth-order valence-corrected chi connectivity index (χ4v) is 7.86. The molecule has 1 saturated carbocycles. The summed E-state index contributed by atoms with van der Waals surface area (Å²) in [6.45, 7) is 4.79. The second-order valence-electron chi connectivity index (χ2n) is 10.2. The molecule has 4 bridgehead atoms. The summed E-state index contributed by atoms with van der Waals surface area (Å²) < 4.78 is 12.9. The van der Waals surface area contributed by atoms with E-state index in [0.29, 0.717) is 11.8 Å². The van der Waals surface area contributed by atoms with Crippen LogP contribution in [0.25, 0.3) is 0 Å². The molecule has 5 heteroatoms. The highest BCUT2D eigenvalue weighted by atomic mass is 16.6. The van der Waals surface area contributed by atoms with Crippen LogP contribution in [0.15, 0.2) is 24.3 Å². The minimum Gasteiger partial charge on any atom is -0.504 e. The van der Waals surface area contributed by atoms with Crippen molar-refractivity contribution in [2.24, 2.45) is 11.3 Å². The molecule has 4 aliphatic carbocycles. The van der Waals surface area contributed by atoms with Gasteiger partial charge in [-0.15, -0.1) is 0 Å². The number of benzene rings is 1. The highest BCUT2D eigenvalue weighted by Gasteiger charge is 2.80. The predicted molar refractivity (Wildman–Crippen MR) is 105 cm³/mol. The number of phenolic OH excluding ortho intramolecular Hbond substituents is 1. The number of aliphatic hydroxyl groups is 1. The Morgan fingerprint density at radius 3 is 2.79 bits per heavy atom. The summed E-state index contributed by atoms with van der Waals surface area (Å²) in [6, 6.07) is 4.21. The summed E-state index contributed by atoms with van der Waals surface area (Å²) in [4.78, 5) is 2.49. The molecule has 2 fully saturated rings. The lowest BCUT2D eigenvalue weighted by Gasteiger charge is -2.72. The van der Waals surface area contributed by atoms with Crippen LogP contribution in [0.4, 0.5) is 0 Å². The van der Waals surface area contributed by atoms with E-state index >= 15 is 0 Å². The van der Waals surface area contributed by atoms with Gasteiger partial charge in [-0.3, -0.25) is 0 Å². The number of hydrogen-bond donors (Lipinski definition) is 2. The van der Waals surface area contributed by atoms with Gasteiger partial charge in [-0.05, 0) is 58.3 Å². The van der Waals surface area contributed by atoms with Crippen LogP contribution in [0.5, 0.6) is 11.5 Å². The normalized spacial score (nSPS) is 45.1. The molecule has 150 valence electrons. The van der Waals surface area contributed by atoms with E-state index < -0.39 is 11.2 Å². The van der Waals surface area contributed by atoms with E-state index in [2.05, 4.69) is 30.2 Å². The maximum absolute atomic E-state index is 11.2. The first-order valence-corrected chi connectivity index (χ1v) is 10.4. The van der Waals surface area contributed by atoms with Crippen molar-refractivity contribution >= 4 is 0 Å². The Morgan fingerprint density at radius 1 is 1.29 bits per heavy atom. The van der Waals surface area contributed by atoms with Crippen molar-refractivity contribution in [3.05, 3.63) is 35.4 Å². The lowest BCUT2D eigenvalue weighted by molar-refractivity contribution is -0.243. The number of nitrogens with zero attached hydrogens (tertiary/aromatic N) is 1. The van der Waals surface area contributed by atoms with Crippen molar-refractivity contribution in [3.63, 3.8) is 0 Å². The molecule has 2 aliphatic heterocycles. The Hall–Kier alpha value is -1.56. The van der Waals surface area contributed by atoms with Gasteiger partial charge >= 0.3 is 0 Å². The van der Waals surface area contributed by atoms with Crippen molar-refractivity contribution in [2.75, 3.05) is 20.7 Å². The molecule has 2 heterocycles. The van der Waals surface area contributed by atoms with Crippen LogP contribution < -0.4 is 4.74 Å². The molecule has 0 aromatic heterocycles. The minimum absolute atomic E-state index is 0.0832. The molecule has 5 nitrogen and oxygen atoms in total. The van der Waals surface area contributed by atoms with Crippen LogP contribution in [-0.2, 0) is 16.6 Å². The first kappa shape index (κ1) is 17.3. The zero-order valence-electron chi connectivity index (χ0n) is 17.0. The Bertz CT molecular complexity index is 920. The third kappa shape index (κ3) is 1.54. The topological polar surface area (TPSA) is 62.2 Å². The number of likely N-dealkylation sites (N-methyl/N-ethyl adjacent to an activating group) is 1. The second-order valence-corrected chi connectivity index (χ2v) is 10.2. The zero-order valence-corrected chi connectivity index (χ0v) is 17.0. The van der Waals surface area contributed by atoms with Crippen molar-refractivity contribution in [1.82, 2.24) is 4.90 Å². The molecule has 2 N–H and O–H groups in total. The summed E-state index contributed by atoms with van der Waals surface area (Å²) in [5, 5.41) is 21.9. The smallest absolute Gasteiger partial charge is 0.165 e. The number of aromatic hydroxyl groups is 1. The van der Waals surface area contributed by atoms with Crippen LogP contribution in [0.2, 0.25) is 0 Å². The largest absolute Gasteiger partial charge is 0.504 e. The lowest BCUT2D eigenvalue weighted by atomic mass is 9.36. The fraction of sp³-hybridized carbons (Fsp3) is 0.652. The third-order valence-corrected chi connectivity index (χ3v) is 8.93. The van der Waals surface area contributed by atoms with Gasteiger partial charge in [-0.2, -0.15) is 0 Å². The molecule has 0 radical (unpaired) electrons. The molecular weight excluding hydrogens is 354 g/mol. The Morgan fingerprint density at radius 2 is 2.07 bits per heavy atom. The van der Waals surface area contributed by atoms with Crippen molar-refractivity contribution in [2.45, 2.75) is 61.9 Å². The van der Waals surface area contributed by atoms with Gasteiger partial charge in [0.05, 0.1) is 11.0 Å². The average molecular weight is 383 g/mol. The van der Waals surface area contributed by atoms with Crippen molar-refractivity contribution in [3.8, 4) is 11.5 Å². The molecule has 7 rings (SSSR count). The molecule has 28 heavy (non-hydrogen) atoms. The molecule has 0 unspecified atom stereocenters. The van der Waals surface area contributed by atoms with Gasteiger partial charge in [0.1, 0.15) is 11.7 Å². The van der Waals surface area contributed by atoms with Crippen molar-refractivity contribution < 1.29 is 19.7 Å². The lowest BCUT2D eigenvalue weighted by Crippen LogP contribution is -2.80. The van der Waals surface area contributed by atoms with Crippen LogP contribution in [-0.4, -0.2) is 59.2 Å². The van der Waals surface area contributed by atoms with Crippen LogP contribution in [0.1, 0.15) is 37.8 Å². The van der Waals surface area contributed by atoms with E-state index in [9.17, 15) is 10.2 Å². The van der Waals surface area contributed by atoms with Gasteiger partial charge < -0.3 is 24.6 Å². The monoisotopic (exact) mass is 383 g/mol. The fourth-order valence-electron chi connectivity index (χ4n) is 7.86. The Kier molecular flexibility index (Phi) is 2.95. The number of ether oxygens (including phenoxy) is 2. The molecule has 1 saturated heterocycles. The summed E-state index contributed by atoms with van der Waals surface area (Å²) in [5.41, 5.74) is 0.565. The average Bonchev–Trinajstić information content (AvgIpc) is 3.03. The second kappa shape index (κ2) is 4.77. The highest BCUT2D eigenvalue weighted by molar-refractivity contribution is 5.65. The molecule has 1 aromatic rings. The minimum atomic E-state index is -0.900. The maximum atomic E-state index is 11.2. The van der Waals surface area contributed by atoms with E-state index in [1.807, 2.05) is 13.8 Å². The number of methoxy groups -OCH3 is 1. The molecule has 6 atom stereocenters. The number of fused-ring (bicyclic) bond motifs is 1.